The SMILES string of the molecule is CCC(NCc1ncccc1C)c1ccccc1OC. The fraction of sp³-hybridized carbons (Fsp3) is 0.353. The highest BCUT2D eigenvalue weighted by Gasteiger charge is 2.13. The van der Waals surface area contributed by atoms with Gasteiger partial charge in [0, 0.05) is 24.3 Å². The molecule has 3 nitrogen and oxygen atoms in total. The van der Waals surface area contributed by atoms with Crippen LogP contribution in [0.3, 0.4) is 0 Å². The monoisotopic (exact) mass is 270 g/mol. The smallest absolute Gasteiger partial charge is 0.123 e. The van der Waals surface area contributed by atoms with E-state index in [2.05, 4.69) is 36.3 Å². The lowest BCUT2D eigenvalue weighted by Crippen LogP contribution is -2.21. The lowest BCUT2D eigenvalue weighted by atomic mass is 10.0. The van der Waals surface area contributed by atoms with Crippen molar-refractivity contribution in [3.05, 3.63) is 59.4 Å². The molecule has 0 fully saturated rings. The molecule has 0 bridgehead atoms. The molecule has 0 saturated heterocycles. The Morgan fingerprint density at radius 3 is 2.70 bits per heavy atom. The van der Waals surface area contributed by atoms with E-state index in [4.69, 9.17) is 4.74 Å². The third-order valence-electron chi connectivity index (χ3n) is 3.56. The largest absolute Gasteiger partial charge is 0.496 e. The lowest BCUT2D eigenvalue weighted by molar-refractivity contribution is 0.396. The van der Waals surface area contributed by atoms with Crippen LogP contribution in [0.1, 0.15) is 36.2 Å². The highest BCUT2D eigenvalue weighted by atomic mass is 16.5. The van der Waals surface area contributed by atoms with E-state index in [1.807, 2.05) is 30.5 Å². The number of para-hydroxylation sites is 1. The number of methoxy groups -OCH3 is 1. The summed E-state index contributed by atoms with van der Waals surface area (Å²) in [7, 11) is 1.72. The summed E-state index contributed by atoms with van der Waals surface area (Å²) >= 11 is 0. The van der Waals surface area contributed by atoms with Crippen LogP contribution >= 0.6 is 0 Å². The number of rotatable bonds is 6. The van der Waals surface area contributed by atoms with E-state index in [0.717, 1.165) is 24.4 Å². The maximum atomic E-state index is 5.45. The molecule has 0 aliphatic heterocycles. The first-order valence-electron chi connectivity index (χ1n) is 7.03. The van der Waals surface area contributed by atoms with Gasteiger partial charge in [0.05, 0.1) is 12.8 Å². The van der Waals surface area contributed by atoms with Gasteiger partial charge in [-0.05, 0) is 31.0 Å². The molecule has 0 saturated carbocycles. The van der Waals surface area contributed by atoms with Gasteiger partial charge in [-0.2, -0.15) is 0 Å². The topological polar surface area (TPSA) is 34.2 Å². The van der Waals surface area contributed by atoms with Gasteiger partial charge in [0.25, 0.3) is 0 Å². The molecule has 106 valence electrons. The van der Waals surface area contributed by atoms with Crippen LogP contribution in [0, 0.1) is 6.92 Å². The molecule has 1 N–H and O–H groups in total. The number of nitrogens with zero attached hydrogens (tertiary/aromatic N) is 1. The third-order valence-corrected chi connectivity index (χ3v) is 3.56. The number of hydrogen-bond donors (Lipinski definition) is 1. The van der Waals surface area contributed by atoms with Crippen molar-refractivity contribution in [3.63, 3.8) is 0 Å². The molecule has 0 aliphatic rings. The number of ether oxygens (including phenoxy) is 1. The van der Waals surface area contributed by atoms with Crippen molar-refractivity contribution < 1.29 is 4.74 Å². The van der Waals surface area contributed by atoms with E-state index in [0.29, 0.717) is 0 Å². The maximum Gasteiger partial charge on any atom is 0.123 e. The fourth-order valence-corrected chi connectivity index (χ4v) is 2.35. The Balaban J connectivity index is 2.11. The summed E-state index contributed by atoms with van der Waals surface area (Å²) in [6, 6.07) is 12.5. The summed E-state index contributed by atoms with van der Waals surface area (Å²) in [5, 5.41) is 3.58. The second-order valence-electron chi connectivity index (χ2n) is 4.85. The van der Waals surface area contributed by atoms with Crippen LogP contribution in [0.2, 0.25) is 0 Å². The Morgan fingerprint density at radius 2 is 2.00 bits per heavy atom. The first kappa shape index (κ1) is 14.5. The zero-order chi connectivity index (χ0) is 14.4. The molecule has 3 heteroatoms. The van der Waals surface area contributed by atoms with Crippen molar-refractivity contribution in [2.45, 2.75) is 32.9 Å². The van der Waals surface area contributed by atoms with Crippen LogP contribution in [-0.2, 0) is 6.54 Å². The summed E-state index contributed by atoms with van der Waals surface area (Å²) in [5.74, 6) is 0.935. The third kappa shape index (κ3) is 3.36. The zero-order valence-electron chi connectivity index (χ0n) is 12.4. The predicted octanol–water partition coefficient (Wildman–Crippen LogP) is 3.64. The van der Waals surface area contributed by atoms with E-state index in [1.54, 1.807) is 7.11 Å². The molecule has 0 radical (unpaired) electrons. The molecule has 2 aromatic rings. The van der Waals surface area contributed by atoms with Crippen molar-refractivity contribution in [1.82, 2.24) is 10.3 Å². The Labute approximate surface area is 121 Å². The highest BCUT2D eigenvalue weighted by molar-refractivity contribution is 5.35. The number of pyridine rings is 1. The minimum absolute atomic E-state index is 0.271. The summed E-state index contributed by atoms with van der Waals surface area (Å²) in [6.45, 7) is 5.03. The van der Waals surface area contributed by atoms with Gasteiger partial charge < -0.3 is 10.1 Å². The summed E-state index contributed by atoms with van der Waals surface area (Å²) in [4.78, 5) is 4.43. The van der Waals surface area contributed by atoms with Crippen molar-refractivity contribution in [1.29, 1.82) is 0 Å². The molecule has 1 heterocycles. The predicted molar refractivity (Wildman–Crippen MR) is 81.8 cm³/mol. The summed E-state index contributed by atoms with van der Waals surface area (Å²) < 4.78 is 5.45. The van der Waals surface area contributed by atoms with Crippen LogP contribution in [0.25, 0.3) is 0 Å². The van der Waals surface area contributed by atoms with Crippen LogP contribution in [0.5, 0.6) is 5.75 Å². The minimum Gasteiger partial charge on any atom is -0.496 e. The van der Waals surface area contributed by atoms with Crippen LogP contribution in [0.4, 0.5) is 0 Å². The second-order valence-corrected chi connectivity index (χ2v) is 4.85. The van der Waals surface area contributed by atoms with Gasteiger partial charge in [0.2, 0.25) is 0 Å². The van der Waals surface area contributed by atoms with Gasteiger partial charge in [0.15, 0.2) is 0 Å². The van der Waals surface area contributed by atoms with Gasteiger partial charge in [-0.25, -0.2) is 0 Å². The fourth-order valence-electron chi connectivity index (χ4n) is 2.35. The zero-order valence-corrected chi connectivity index (χ0v) is 12.4. The molecule has 0 spiro atoms. The lowest BCUT2D eigenvalue weighted by Gasteiger charge is -2.20. The molecule has 1 aromatic carbocycles. The molecule has 0 amide bonds. The Bertz CT molecular complexity index is 554. The number of aromatic nitrogens is 1. The van der Waals surface area contributed by atoms with E-state index >= 15 is 0 Å². The minimum atomic E-state index is 0.271. The van der Waals surface area contributed by atoms with Crippen LogP contribution in [0.15, 0.2) is 42.6 Å². The quantitative estimate of drug-likeness (QED) is 0.870. The number of nitrogens with one attached hydrogen (secondary N) is 1. The van der Waals surface area contributed by atoms with Crippen molar-refractivity contribution in [2.24, 2.45) is 0 Å². The second kappa shape index (κ2) is 7.06. The van der Waals surface area contributed by atoms with Gasteiger partial charge in [-0.3, -0.25) is 4.98 Å². The molecule has 1 atom stereocenters. The normalized spacial score (nSPS) is 12.2. The van der Waals surface area contributed by atoms with Gasteiger partial charge >= 0.3 is 0 Å². The van der Waals surface area contributed by atoms with Gasteiger partial charge in [-0.1, -0.05) is 31.2 Å². The molecule has 20 heavy (non-hydrogen) atoms. The molecule has 2 rings (SSSR count). The van der Waals surface area contributed by atoms with Crippen molar-refractivity contribution in [2.75, 3.05) is 7.11 Å². The van der Waals surface area contributed by atoms with Crippen LogP contribution in [-0.4, -0.2) is 12.1 Å². The van der Waals surface area contributed by atoms with Crippen molar-refractivity contribution >= 4 is 0 Å². The average Bonchev–Trinajstić information content (AvgIpc) is 2.50. The van der Waals surface area contributed by atoms with E-state index in [9.17, 15) is 0 Å². The Hall–Kier alpha value is -1.87. The van der Waals surface area contributed by atoms with E-state index in [1.165, 1.54) is 11.1 Å². The first-order chi connectivity index (χ1) is 9.76. The molecule has 1 unspecified atom stereocenters. The molecule has 1 aromatic heterocycles. The van der Waals surface area contributed by atoms with Crippen LogP contribution < -0.4 is 10.1 Å². The maximum absolute atomic E-state index is 5.45. The average molecular weight is 270 g/mol. The van der Waals surface area contributed by atoms with Gasteiger partial charge in [0.1, 0.15) is 5.75 Å². The summed E-state index contributed by atoms with van der Waals surface area (Å²) in [6.07, 6.45) is 2.85. The molecule has 0 aliphatic carbocycles. The summed E-state index contributed by atoms with van der Waals surface area (Å²) in [5.41, 5.74) is 3.52. The highest BCUT2D eigenvalue weighted by Crippen LogP contribution is 2.27. The number of hydrogen-bond acceptors (Lipinski definition) is 3. The van der Waals surface area contributed by atoms with Gasteiger partial charge in [-0.15, -0.1) is 0 Å². The number of benzene rings is 1. The van der Waals surface area contributed by atoms with Crippen molar-refractivity contribution in [3.8, 4) is 5.75 Å². The van der Waals surface area contributed by atoms with E-state index in [-0.39, 0.29) is 6.04 Å². The number of aryl methyl sites for hydroxylation is 1. The first-order valence-corrected chi connectivity index (χ1v) is 7.03. The Kier molecular flexibility index (Phi) is 5.13. The Morgan fingerprint density at radius 1 is 1.20 bits per heavy atom. The van der Waals surface area contributed by atoms with E-state index < -0.39 is 0 Å². The standard InChI is InChI=1S/C17H22N2O/c1-4-15(14-9-5-6-10-17(14)20-3)19-12-16-13(2)8-7-11-18-16/h5-11,15,19H,4,12H2,1-3H3. The molecular formula is C17H22N2O. The molecular weight excluding hydrogens is 248 g/mol.